The molecule has 1 heterocycles. The lowest BCUT2D eigenvalue weighted by molar-refractivity contribution is -0.138. The zero-order valence-corrected chi connectivity index (χ0v) is 16.3. The number of nitrogens with zero attached hydrogens (tertiary/aromatic N) is 2. The van der Waals surface area contributed by atoms with Crippen molar-refractivity contribution in [2.24, 2.45) is 11.7 Å². The Morgan fingerprint density at radius 2 is 1.65 bits per heavy atom. The average Bonchev–Trinajstić information content (AvgIpc) is 2.67. The number of carbonyl (C=O) groups is 2. The van der Waals surface area contributed by atoms with E-state index in [9.17, 15) is 9.59 Å². The van der Waals surface area contributed by atoms with Gasteiger partial charge in [-0.3, -0.25) is 9.59 Å². The van der Waals surface area contributed by atoms with E-state index in [0.29, 0.717) is 26.2 Å². The largest absolute Gasteiger partial charge is 0.339 e. The quantitative estimate of drug-likeness (QED) is 0.877. The van der Waals surface area contributed by atoms with Crippen molar-refractivity contribution < 1.29 is 9.59 Å². The fourth-order valence-electron chi connectivity index (χ4n) is 3.91. The van der Waals surface area contributed by atoms with Crippen LogP contribution in [0.4, 0.5) is 0 Å². The molecule has 1 aromatic rings. The van der Waals surface area contributed by atoms with Crippen LogP contribution in [0.3, 0.4) is 0 Å². The van der Waals surface area contributed by atoms with E-state index >= 15 is 0 Å². The maximum atomic E-state index is 12.7. The summed E-state index contributed by atoms with van der Waals surface area (Å²) in [6.07, 6.45) is 4.81. The third kappa shape index (κ3) is 4.77. The van der Waals surface area contributed by atoms with Crippen molar-refractivity contribution in [2.75, 3.05) is 26.2 Å². The van der Waals surface area contributed by atoms with Crippen LogP contribution in [0.2, 0.25) is 0 Å². The molecule has 1 saturated carbocycles. The van der Waals surface area contributed by atoms with Gasteiger partial charge in [0.05, 0.1) is 0 Å². The molecule has 6 heteroatoms. The van der Waals surface area contributed by atoms with Gasteiger partial charge >= 0.3 is 0 Å². The van der Waals surface area contributed by atoms with Crippen molar-refractivity contribution in [2.45, 2.75) is 45.1 Å². The van der Waals surface area contributed by atoms with E-state index in [0.717, 1.165) is 37.7 Å². The minimum absolute atomic E-state index is 0. The summed E-state index contributed by atoms with van der Waals surface area (Å²) in [6.45, 7) is 4.58. The maximum Gasteiger partial charge on any atom is 0.253 e. The number of hydrogen-bond donors (Lipinski definition) is 1. The predicted molar refractivity (Wildman–Crippen MR) is 105 cm³/mol. The van der Waals surface area contributed by atoms with Gasteiger partial charge in [0.15, 0.2) is 0 Å². The normalized spacial score (nSPS) is 23.3. The Hall–Kier alpha value is -1.59. The molecule has 1 aromatic carbocycles. The third-order valence-corrected chi connectivity index (χ3v) is 5.55. The molecule has 1 saturated heterocycles. The van der Waals surface area contributed by atoms with Crippen LogP contribution in [-0.4, -0.2) is 53.8 Å². The summed E-state index contributed by atoms with van der Waals surface area (Å²) >= 11 is 0. The molecule has 2 unspecified atom stereocenters. The van der Waals surface area contributed by atoms with Gasteiger partial charge in [-0.2, -0.15) is 0 Å². The first-order valence-corrected chi connectivity index (χ1v) is 9.51. The summed E-state index contributed by atoms with van der Waals surface area (Å²) in [5.74, 6) is 0.372. The van der Waals surface area contributed by atoms with Gasteiger partial charge in [0.2, 0.25) is 5.91 Å². The number of hydrogen-bond acceptors (Lipinski definition) is 3. The standard InChI is InChI=1S/C20H29N3O2.ClH/c1-2-15-6-8-16(9-7-15)19(24)22-10-12-23(13-11-22)20(25)17-4-3-5-18(21)14-17;/h6-9,17-18H,2-5,10-14,21H2,1H3;1H. The molecular formula is C20H30ClN3O2. The van der Waals surface area contributed by atoms with Crippen LogP contribution in [0.5, 0.6) is 0 Å². The number of aryl methyl sites for hydroxylation is 1. The van der Waals surface area contributed by atoms with Crippen molar-refractivity contribution in [3.63, 3.8) is 0 Å². The molecule has 2 atom stereocenters. The van der Waals surface area contributed by atoms with Gasteiger partial charge in [-0.05, 0) is 43.4 Å². The van der Waals surface area contributed by atoms with E-state index < -0.39 is 0 Å². The van der Waals surface area contributed by atoms with Gasteiger partial charge in [-0.25, -0.2) is 0 Å². The monoisotopic (exact) mass is 379 g/mol. The van der Waals surface area contributed by atoms with Crippen LogP contribution in [0, 0.1) is 5.92 Å². The third-order valence-electron chi connectivity index (χ3n) is 5.55. The number of nitrogens with two attached hydrogens (primary N) is 1. The molecule has 2 amide bonds. The van der Waals surface area contributed by atoms with Crippen molar-refractivity contribution in [3.8, 4) is 0 Å². The maximum absolute atomic E-state index is 12.7. The highest BCUT2D eigenvalue weighted by Crippen LogP contribution is 2.25. The highest BCUT2D eigenvalue weighted by Gasteiger charge is 2.31. The zero-order chi connectivity index (χ0) is 17.8. The lowest BCUT2D eigenvalue weighted by Gasteiger charge is -2.37. The van der Waals surface area contributed by atoms with Gasteiger partial charge in [-0.15, -0.1) is 12.4 Å². The van der Waals surface area contributed by atoms with Gasteiger partial charge in [0, 0.05) is 43.7 Å². The number of halogens is 1. The molecule has 1 aliphatic heterocycles. The minimum Gasteiger partial charge on any atom is -0.339 e. The van der Waals surface area contributed by atoms with Crippen LogP contribution >= 0.6 is 12.4 Å². The van der Waals surface area contributed by atoms with Crippen LogP contribution in [0.15, 0.2) is 24.3 Å². The van der Waals surface area contributed by atoms with E-state index in [4.69, 9.17) is 5.73 Å². The Morgan fingerprint density at radius 1 is 1.04 bits per heavy atom. The van der Waals surface area contributed by atoms with E-state index in [2.05, 4.69) is 6.92 Å². The first-order chi connectivity index (χ1) is 12.1. The molecule has 2 N–H and O–H groups in total. The first kappa shape index (κ1) is 20.7. The molecule has 1 aliphatic carbocycles. The van der Waals surface area contributed by atoms with Gasteiger partial charge in [0.1, 0.15) is 0 Å². The molecule has 2 aliphatic rings. The van der Waals surface area contributed by atoms with Crippen LogP contribution in [0.1, 0.15) is 48.5 Å². The fourth-order valence-corrected chi connectivity index (χ4v) is 3.91. The summed E-state index contributed by atoms with van der Waals surface area (Å²) < 4.78 is 0. The van der Waals surface area contributed by atoms with Crippen molar-refractivity contribution in [1.82, 2.24) is 9.80 Å². The highest BCUT2D eigenvalue weighted by molar-refractivity contribution is 5.94. The molecule has 0 bridgehead atoms. The molecule has 0 aromatic heterocycles. The second-order valence-electron chi connectivity index (χ2n) is 7.29. The Balaban J connectivity index is 0.00000243. The lowest BCUT2D eigenvalue weighted by Crippen LogP contribution is -2.52. The molecule has 26 heavy (non-hydrogen) atoms. The van der Waals surface area contributed by atoms with E-state index in [-0.39, 0.29) is 36.2 Å². The summed E-state index contributed by atoms with van der Waals surface area (Å²) in [4.78, 5) is 29.1. The topological polar surface area (TPSA) is 66.6 Å². The van der Waals surface area contributed by atoms with Crippen molar-refractivity contribution >= 4 is 24.2 Å². The van der Waals surface area contributed by atoms with Gasteiger partial charge < -0.3 is 15.5 Å². The average molecular weight is 380 g/mol. The predicted octanol–water partition coefficient (Wildman–Crippen LogP) is 2.47. The Labute approximate surface area is 162 Å². The molecule has 144 valence electrons. The highest BCUT2D eigenvalue weighted by atomic mass is 35.5. The number of rotatable bonds is 3. The first-order valence-electron chi connectivity index (χ1n) is 9.51. The van der Waals surface area contributed by atoms with Crippen LogP contribution < -0.4 is 5.73 Å². The smallest absolute Gasteiger partial charge is 0.253 e. The fraction of sp³-hybridized carbons (Fsp3) is 0.600. The molecule has 5 nitrogen and oxygen atoms in total. The summed E-state index contributed by atoms with van der Waals surface area (Å²) in [5, 5.41) is 0. The SMILES string of the molecule is CCc1ccc(C(=O)N2CCN(C(=O)C3CCCC(N)C3)CC2)cc1.Cl. The molecule has 3 rings (SSSR count). The summed E-state index contributed by atoms with van der Waals surface area (Å²) in [7, 11) is 0. The van der Waals surface area contributed by atoms with Crippen LogP contribution in [0.25, 0.3) is 0 Å². The number of carbonyl (C=O) groups excluding carboxylic acids is 2. The van der Waals surface area contributed by atoms with E-state index in [1.54, 1.807) is 0 Å². The Bertz CT molecular complexity index is 612. The molecule has 0 radical (unpaired) electrons. The molecular weight excluding hydrogens is 350 g/mol. The number of benzene rings is 1. The van der Waals surface area contributed by atoms with Gasteiger partial charge in [0.25, 0.3) is 5.91 Å². The Morgan fingerprint density at radius 3 is 2.23 bits per heavy atom. The van der Waals surface area contributed by atoms with Gasteiger partial charge in [-0.1, -0.05) is 25.5 Å². The second-order valence-corrected chi connectivity index (χ2v) is 7.29. The minimum atomic E-state index is 0. The van der Waals surface area contributed by atoms with E-state index in [1.807, 2.05) is 34.1 Å². The lowest BCUT2D eigenvalue weighted by atomic mass is 9.85. The summed E-state index contributed by atoms with van der Waals surface area (Å²) in [5.41, 5.74) is 7.98. The summed E-state index contributed by atoms with van der Waals surface area (Å²) in [6, 6.07) is 8.00. The number of amides is 2. The molecule has 0 spiro atoms. The van der Waals surface area contributed by atoms with E-state index in [1.165, 1.54) is 5.56 Å². The Kier molecular flexibility index (Phi) is 7.47. The molecule has 2 fully saturated rings. The van der Waals surface area contributed by atoms with Crippen LogP contribution in [-0.2, 0) is 11.2 Å². The number of piperazine rings is 1. The van der Waals surface area contributed by atoms with Crippen molar-refractivity contribution in [1.29, 1.82) is 0 Å². The van der Waals surface area contributed by atoms with Crippen molar-refractivity contribution in [3.05, 3.63) is 35.4 Å². The zero-order valence-electron chi connectivity index (χ0n) is 15.5. The second kappa shape index (κ2) is 9.38.